The van der Waals surface area contributed by atoms with Gasteiger partial charge in [-0.2, -0.15) is 5.10 Å². The molecule has 0 aliphatic carbocycles. The highest BCUT2D eigenvalue weighted by atomic mass is 19.1. The Hall–Kier alpha value is -2.67. The van der Waals surface area contributed by atoms with Crippen molar-refractivity contribution >= 4 is 0 Å². The first kappa shape index (κ1) is 16.2. The molecule has 1 N–H and O–H groups in total. The summed E-state index contributed by atoms with van der Waals surface area (Å²) in [6.07, 6.45) is 5.97. The Balaban J connectivity index is 2.09. The van der Waals surface area contributed by atoms with Crippen molar-refractivity contribution in [3.63, 3.8) is 0 Å². The molecule has 0 bridgehead atoms. The third-order valence-corrected chi connectivity index (χ3v) is 4.19. The highest BCUT2D eigenvalue weighted by molar-refractivity contribution is 5.31. The zero-order valence-electron chi connectivity index (χ0n) is 13.0. The number of aliphatic hydroxyl groups is 1. The molecular weight excluding hydrogens is 314 g/mol. The Kier molecular flexibility index (Phi) is 4.35. The molecule has 1 aromatic carbocycles. The van der Waals surface area contributed by atoms with Crippen LogP contribution in [0.2, 0.25) is 0 Å². The normalized spacial score (nSPS) is 15.0. The molecule has 2 atom stereocenters. The van der Waals surface area contributed by atoms with Gasteiger partial charge in [0.05, 0.1) is 6.54 Å². The summed E-state index contributed by atoms with van der Waals surface area (Å²) in [5, 5.41) is 15.4. The van der Waals surface area contributed by atoms with Crippen molar-refractivity contribution in [1.29, 1.82) is 0 Å². The lowest BCUT2D eigenvalue weighted by Gasteiger charge is -2.35. The summed E-state index contributed by atoms with van der Waals surface area (Å²) in [6, 6.07) is 6.65. The number of rotatable bonds is 5. The molecule has 5 nitrogen and oxygen atoms in total. The van der Waals surface area contributed by atoms with Crippen LogP contribution in [0, 0.1) is 11.6 Å². The minimum Gasteiger partial charge on any atom is -0.382 e. The van der Waals surface area contributed by atoms with Crippen molar-refractivity contribution in [2.24, 2.45) is 0 Å². The minimum absolute atomic E-state index is 0.00344. The molecule has 3 rings (SSSR count). The van der Waals surface area contributed by atoms with E-state index in [9.17, 15) is 13.9 Å². The average Bonchev–Trinajstić information content (AvgIpc) is 3.07. The van der Waals surface area contributed by atoms with Crippen LogP contribution in [0.15, 0.2) is 55.4 Å². The molecule has 2 aromatic heterocycles. The van der Waals surface area contributed by atoms with Gasteiger partial charge in [-0.25, -0.2) is 18.4 Å². The molecule has 124 valence electrons. The van der Waals surface area contributed by atoms with Crippen LogP contribution in [-0.2, 0) is 12.1 Å². The van der Waals surface area contributed by atoms with E-state index in [0.29, 0.717) is 0 Å². The standard InChI is InChI=1S/C17H16F2N4O/c1-12(13-4-6-20-7-5-13)17(24,9-23-11-21-10-22-23)15-3-2-14(18)8-16(15)19/h2-8,10-12,24H,9H2,1H3. The molecule has 0 saturated heterocycles. The number of benzene rings is 1. The van der Waals surface area contributed by atoms with E-state index in [2.05, 4.69) is 15.1 Å². The molecule has 0 fully saturated rings. The van der Waals surface area contributed by atoms with Crippen molar-refractivity contribution in [2.45, 2.75) is 25.0 Å². The predicted octanol–water partition coefficient (Wildman–Crippen LogP) is 2.64. The van der Waals surface area contributed by atoms with E-state index in [0.717, 1.165) is 17.7 Å². The van der Waals surface area contributed by atoms with Crippen LogP contribution in [0.4, 0.5) is 8.78 Å². The fraction of sp³-hybridized carbons (Fsp3) is 0.235. The fourth-order valence-electron chi connectivity index (χ4n) is 2.79. The number of nitrogens with zero attached hydrogens (tertiary/aromatic N) is 4. The molecule has 7 heteroatoms. The van der Waals surface area contributed by atoms with Crippen LogP contribution in [0.25, 0.3) is 0 Å². The van der Waals surface area contributed by atoms with E-state index in [4.69, 9.17) is 0 Å². The van der Waals surface area contributed by atoms with Gasteiger partial charge < -0.3 is 5.11 Å². The predicted molar refractivity (Wildman–Crippen MR) is 82.9 cm³/mol. The number of aromatic nitrogens is 4. The van der Waals surface area contributed by atoms with E-state index >= 15 is 0 Å². The summed E-state index contributed by atoms with van der Waals surface area (Å²) in [5.74, 6) is -2.00. The molecule has 0 spiro atoms. The quantitative estimate of drug-likeness (QED) is 0.781. The summed E-state index contributed by atoms with van der Waals surface area (Å²) in [6.45, 7) is 1.74. The van der Waals surface area contributed by atoms with Crippen LogP contribution >= 0.6 is 0 Å². The molecule has 0 amide bonds. The third-order valence-electron chi connectivity index (χ3n) is 4.19. The van der Waals surface area contributed by atoms with Gasteiger partial charge in [-0.05, 0) is 23.8 Å². The summed E-state index contributed by atoms with van der Waals surface area (Å²) >= 11 is 0. The lowest BCUT2D eigenvalue weighted by atomic mass is 9.78. The molecule has 0 aliphatic heterocycles. The summed E-state index contributed by atoms with van der Waals surface area (Å²) < 4.78 is 29.1. The van der Waals surface area contributed by atoms with Gasteiger partial charge in [0.25, 0.3) is 0 Å². The van der Waals surface area contributed by atoms with Crippen LogP contribution in [0.1, 0.15) is 24.0 Å². The van der Waals surface area contributed by atoms with Gasteiger partial charge in [-0.15, -0.1) is 0 Å². The van der Waals surface area contributed by atoms with E-state index in [-0.39, 0.29) is 12.1 Å². The Morgan fingerprint density at radius 1 is 1.17 bits per heavy atom. The van der Waals surface area contributed by atoms with Crippen molar-refractivity contribution in [3.8, 4) is 0 Å². The second kappa shape index (κ2) is 6.45. The van der Waals surface area contributed by atoms with Crippen LogP contribution in [0.3, 0.4) is 0 Å². The lowest BCUT2D eigenvalue weighted by Crippen LogP contribution is -2.38. The molecule has 0 saturated carbocycles. The smallest absolute Gasteiger partial charge is 0.137 e. The Morgan fingerprint density at radius 2 is 1.92 bits per heavy atom. The zero-order chi connectivity index (χ0) is 17.2. The van der Waals surface area contributed by atoms with Crippen molar-refractivity contribution in [2.75, 3.05) is 0 Å². The average molecular weight is 330 g/mol. The van der Waals surface area contributed by atoms with Crippen molar-refractivity contribution < 1.29 is 13.9 Å². The molecule has 0 radical (unpaired) electrons. The third kappa shape index (κ3) is 3.03. The van der Waals surface area contributed by atoms with E-state index in [1.807, 2.05) is 0 Å². The van der Waals surface area contributed by atoms with Gasteiger partial charge in [0.1, 0.15) is 29.9 Å². The van der Waals surface area contributed by atoms with Gasteiger partial charge in [0.2, 0.25) is 0 Å². The second-order valence-corrected chi connectivity index (χ2v) is 5.64. The monoisotopic (exact) mass is 330 g/mol. The van der Waals surface area contributed by atoms with Gasteiger partial charge in [0.15, 0.2) is 0 Å². The van der Waals surface area contributed by atoms with E-state index in [1.165, 1.54) is 23.4 Å². The zero-order valence-corrected chi connectivity index (χ0v) is 13.0. The van der Waals surface area contributed by atoms with Crippen molar-refractivity contribution in [3.05, 3.63) is 78.1 Å². The van der Waals surface area contributed by atoms with Gasteiger partial charge in [0, 0.05) is 29.9 Å². The van der Waals surface area contributed by atoms with Gasteiger partial charge >= 0.3 is 0 Å². The molecular formula is C17H16F2N4O. The summed E-state index contributed by atoms with van der Waals surface area (Å²) in [4.78, 5) is 7.80. The first-order valence-corrected chi connectivity index (χ1v) is 7.41. The maximum absolute atomic E-state index is 14.4. The highest BCUT2D eigenvalue weighted by Gasteiger charge is 2.39. The topological polar surface area (TPSA) is 63.8 Å². The van der Waals surface area contributed by atoms with E-state index in [1.54, 1.807) is 31.5 Å². The number of hydrogen-bond donors (Lipinski definition) is 1. The molecule has 2 unspecified atom stereocenters. The number of pyridine rings is 1. The van der Waals surface area contributed by atoms with Crippen LogP contribution in [0.5, 0.6) is 0 Å². The summed E-state index contributed by atoms with van der Waals surface area (Å²) in [5.41, 5.74) is -0.868. The second-order valence-electron chi connectivity index (χ2n) is 5.64. The van der Waals surface area contributed by atoms with E-state index < -0.39 is 23.2 Å². The SMILES string of the molecule is CC(c1ccncc1)C(O)(Cn1cncn1)c1ccc(F)cc1F. The molecule has 24 heavy (non-hydrogen) atoms. The maximum atomic E-state index is 14.4. The molecule has 0 aliphatic rings. The molecule has 3 aromatic rings. The first-order valence-electron chi connectivity index (χ1n) is 7.41. The Labute approximate surface area is 137 Å². The highest BCUT2D eigenvalue weighted by Crippen LogP contribution is 2.39. The molecule has 2 heterocycles. The number of halogens is 2. The Bertz CT molecular complexity index is 811. The lowest BCUT2D eigenvalue weighted by molar-refractivity contribution is -0.0112. The van der Waals surface area contributed by atoms with Gasteiger partial charge in [-0.1, -0.05) is 13.0 Å². The largest absolute Gasteiger partial charge is 0.382 e. The Morgan fingerprint density at radius 3 is 2.54 bits per heavy atom. The van der Waals surface area contributed by atoms with Crippen molar-refractivity contribution in [1.82, 2.24) is 19.7 Å². The number of hydrogen-bond acceptors (Lipinski definition) is 4. The van der Waals surface area contributed by atoms with Gasteiger partial charge in [-0.3, -0.25) is 4.98 Å². The summed E-state index contributed by atoms with van der Waals surface area (Å²) in [7, 11) is 0. The minimum atomic E-state index is -1.65. The first-order chi connectivity index (χ1) is 11.5. The maximum Gasteiger partial charge on any atom is 0.137 e. The van der Waals surface area contributed by atoms with Crippen LogP contribution in [-0.4, -0.2) is 24.9 Å². The van der Waals surface area contributed by atoms with Crippen LogP contribution < -0.4 is 0 Å². The fourth-order valence-corrected chi connectivity index (χ4v) is 2.79.